The minimum atomic E-state index is -3.21. The largest absolute Gasteiger partial charge is 0.508 e. The second kappa shape index (κ2) is 21.6. The number of aliphatic hydroxyl groups excluding tert-OH is 1. The third kappa shape index (κ3) is 14.2. The molecule has 16 heteroatoms. The first-order valence-electron chi connectivity index (χ1n) is 20.0. The molecule has 6 N–H and O–H groups in total. The van der Waals surface area contributed by atoms with E-state index >= 15 is 0 Å². The van der Waals surface area contributed by atoms with Crippen molar-refractivity contribution in [1.82, 2.24) is 26.2 Å². The van der Waals surface area contributed by atoms with E-state index in [0.29, 0.717) is 12.0 Å². The van der Waals surface area contributed by atoms with Gasteiger partial charge >= 0.3 is 12.0 Å². The van der Waals surface area contributed by atoms with E-state index in [1.165, 1.54) is 24.1 Å². The van der Waals surface area contributed by atoms with Gasteiger partial charge in [0.1, 0.15) is 23.9 Å². The minimum absolute atomic E-state index is 0.0137. The molecule has 2 aliphatic rings. The lowest BCUT2D eigenvalue weighted by atomic mass is 9.81. The lowest BCUT2D eigenvalue weighted by molar-refractivity contribution is -0.145. The van der Waals surface area contributed by atoms with Gasteiger partial charge in [0.2, 0.25) is 17.7 Å². The van der Waals surface area contributed by atoms with Crippen LogP contribution < -0.4 is 21.3 Å². The van der Waals surface area contributed by atoms with Crippen molar-refractivity contribution < 1.29 is 47.3 Å². The predicted octanol–water partition coefficient (Wildman–Crippen LogP) is 2.68. The number of benzene rings is 1. The summed E-state index contributed by atoms with van der Waals surface area (Å²) in [6, 6.07) is 1.91. The van der Waals surface area contributed by atoms with Gasteiger partial charge in [-0.3, -0.25) is 14.4 Å². The molecule has 1 aliphatic carbocycles. The summed E-state index contributed by atoms with van der Waals surface area (Å²) < 4.78 is 28.7. The minimum Gasteiger partial charge on any atom is -0.508 e. The Balaban J connectivity index is 1.76. The van der Waals surface area contributed by atoms with Crippen LogP contribution in [0.3, 0.4) is 0 Å². The number of urea groups is 1. The van der Waals surface area contributed by atoms with Crippen LogP contribution in [0, 0.1) is 29.6 Å². The number of aromatic hydroxyl groups is 1. The number of phenols is 1. The second-order valence-corrected chi connectivity index (χ2v) is 18.8. The Labute approximate surface area is 332 Å². The van der Waals surface area contributed by atoms with Gasteiger partial charge in [0.25, 0.3) is 0 Å². The van der Waals surface area contributed by atoms with Crippen molar-refractivity contribution in [3.63, 3.8) is 0 Å². The summed E-state index contributed by atoms with van der Waals surface area (Å²) in [5.41, 5.74) is 0.675. The monoisotopic (exact) mass is 807 g/mol. The first-order valence-corrected chi connectivity index (χ1v) is 21.8. The Kier molecular flexibility index (Phi) is 17.9. The van der Waals surface area contributed by atoms with Gasteiger partial charge in [0.15, 0.2) is 9.84 Å². The van der Waals surface area contributed by atoms with Crippen LogP contribution in [0.25, 0.3) is 0 Å². The number of hydrogen-bond donors (Lipinski definition) is 6. The number of carbonyl (C=O) groups is 5. The highest BCUT2D eigenvalue weighted by Gasteiger charge is 2.37. The van der Waals surface area contributed by atoms with Crippen LogP contribution in [0.15, 0.2) is 24.3 Å². The van der Waals surface area contributed by atoms with Gasteiger partial charge in [-0.15, -0.1) is 0 Å². The van der Waals surface area contributed by atoms with Crippen LogP contribution >= 0.6 is 0 Å². The molecule has 0 aromatic heterocycles. The molecule has 0 spiro atoms. The van der Waals surface area contributed by atoms with Gasteiger partial charge in [-0.05, 0) is 54.2 Å². The summed E-state index contributed by atoms with van der Waals surface area (Å²) in [4.78, 5) is 68.7. The number of methoxy groups -OCH3 is 1. The third-order valence-electron chi connectivity index (χ3n) is 11.0. The molecular weight excluding hydrogens is 743 g/mol. The highest BCUT2D eigenvalue weighted by Crippen LogP contribution is 2.30. The van der Waals surface area contributed by atoms with Crippen LogP contribution in [0.1, 0.15) is 92.1 Å². The number of hydrogen-bond acceptors (Lipinski definition) is 10. The number of ether oxygens (including phenoxy) is 1. The smallest absolute Gasteiger partial charge is 0.328 e. The number of esters is 1. The summed E-state index contributed by atoms with van der Waals surface area (Å²) in [5.74, 6) is -3.89. The molecule has 1 aliphatic heterocycles. The van der Waals surface area contributed by atoms with Crippen molar-refractivity contribution in [3.05, 3.63) is 29.8 Å². The predicted molar refractivity (Wildman–Crippen MR) is 212 cm³/mol. The lowest BCUT2D eigenvalue weighted by Crippen LogP contribution is -2.58. The van der Waals surface area contributed by atoms with E-state index in [2.05, 4.69) is 21.3 Å². The molecular formula is C40H65N5O10S. The molecule has 1 heterocycles. The van der Waals surface area contributed by atoms with E-state index < -0.39 is 75.7 Å². The standard InChI is InChI=1S/C40H65N5O10S/c1-24(2)30(36(48)43-34(25(3)4)37(49)42-32(39(51)55-7)22-28-13-15-29(46)16-14-28)23-33(47)31(21-27-11-9-8-10-12-27)41-38(50)35(26(5)6)44-40(52)45-17-19-56(53,54)20-18-45/h13-16,24-27,30-35,46-47H,8-12,17-23H2,1-7H3,(H,41,50)(H,42,49)(H,43,48)(H,44,52)/t30?,31?,32-,33?,34-,35-/m0/s1. The maximum Gasteiger partial charge on any atom is 0.328 e. The summed E-state index contributed by atoms with van der Waals surface area (Å²) in [5, 5.41) is 32.9. The molecule has 316 valence electrons. The SMILES string of the molecule is COC(=O)[C@H](Cc1ccc(O)cc1)NC(=O)[C@@H](NC(=O)C(CC(O)C(CC1CCCCC1)NC(=O)[C@@H](NC(=O)N1CCS(=O)(=O)CC1)C(C)C)C(C)C)C(C)C. The van der Waals surface area contributed by atoms with Crippen LogP contribution in [0.4, 0.5) is 4.79 Å². The molecule has 5 amide bonds. The average molecular weight is 808 g/mol. The lowest BCUT2D eigenvalue weighted by Gasteiger charge is -2.35. The van der Waals surface area contributed by atoms with Gasteiger partial charge in [-0.1, -0.05) is 85.8 Å². The van der Waals surface area contributed by atoms with Crippen molar-refractivity contribution >= 4 is 39.6 Å². The zero-order valence-corrected chi connectivity index (χ0v) is 34.9. The molecule has 15 nitrogen and oxygen atoms in total. The summed E-state index contributed by atoms with van der Waals surface area (Å²) in [6.07, 6.45) is 4.51. The van der Waals surface area contributed by atoms with Gasteiger partial charge < -0.3 is 41.1 Å². The number of phenolic OH excluding ortho intramolecular Hbond substituents is 1. The van der Waals surface area contributed by atoms with Crippen LogP contribution in [0.2, 0.25) is 0 Å². The molecule has 6 atom stereocenters. The van der Waals surface area contributed by atoms with Crippen molar-refractivity contribution in [2.45, 2.75) is 123 Å². The van der Waals surface area contributed by atoms with E-state index in [4.69, 9.17) is 4.74 Å². The fourth-order valence-corrected chi connectivity index (χ4v) is 8.61. The van der Waals surface area contributed by atoms with Crippen molar-refractivity contribution in [3.8, 4) is 5.75 Å². The maximum absolute atomic E-state index is 14.0. The first kappa shape index (κ1) is 46.5. The summed E-state index contributed by atoms with van der Waals surface area (Å²) in [6.45, 7) is 10.9. The normalized spacial score (nSPS) is 19.3. The molecule has 56 heavy (non-hydrogen) atoms. The molecule has 2 fully saturated rings. The Morgan fingerprint density at radius 2 is 1.34 bits per heavy atom. The van der Waals surface area contributed by atoms with Crippen LogP contribution in [0.5, 0.6) is 5.75 Å². The molecule has 1 saturated carbocycles. The topological polar surface area (TPSA) is 221 Å². The molecule has 1 saturated heterocycles. The number of sulfone groups is 1. The molecule has 0 bridgehead atoms. The zero-order valence-electron chi connectivity index (χ0n) is 34.1. The highest BCUT2D eigenvalue weighted by atomic mass is 32.2. The molecule has 0 radical (unpaired) electrons. The van der Waals surface area contributed by atoms with Gasteiger partial charge in [-0.2, -0.15) is 0 Å². The number of nitrogens with one attached hydrogen (secondary N) is 4. The van der Waals surface area contributed by atoms with Crippen molar-refractivity contribution in [1.29, 1.82) is 0 Å². The van der Waals surface area contributed by atoms with Gasteiger partial charge in [-0.25, -0.2) is 18.0 Å². The molecule has 3 rings (SSSR count). The number of rotatable bonds is 18. The molecule has 1 aromatic carbocycles. The van der Waals surface area contributed by atoms with E-state index in [9.17, 15) is 42.6 Å². The Morgan fingerprint density at radius 1 is 0.786 bits per heavy atom. The molecule has 1 aromatic rings. The number of nitrogens with zero attached hydrogens (tertiary/aromatic N) is 1. The summed E-state index contributed by atoms with van der Waals surface area (Å²) >= 11 is 0. The number of amides is 5. The number of carbonyl (C=O) groups excluding carboxylic acids is 5. The summed E-state index contributed by atoms with van der Waals surface area (Å²) in [7, 11) is -1.99. The zero-order chi connectivity index (χ0) is 41.7. The Bertz CT molecular complexity index is 1570. The van der Waals surface area contributed by atoms with Crippen molar-refractivity contribution in [2.75, 3.05) is 31.7 Å². The van der Waals surface area contributed by atoms with E-state index in [0.717, 1.165) is 32.1 Å². The third-order valence-corrected chi connectivity index (χ3v) is 12.6. The van der Waals surface area contributed by atoms with E-state index in [1.54, 1.807) is 39.8 Å². The van der Waals surface area contributed by atoms with Gasteiger partial charge in [0, 0.05) is 25.4 Å². The van der Waals surface area contributed by atoms with Crippen molar-refractivity contribution in [2.24, 2.45) is 29.6 Å². The highest BCUT2D eigenvalue weighted by molar-refractivity contribution is 7.91. The first-order chi connectivity index (χ1) is 26.3. The second-order valence-electron chi connectivity index (χ2n) is 16.5. The van der Waals surface area contributed by atoms with E-state index in [1.807, 2.05) is 13.8 Å². The van der Waals surface area contributed by atoms with Crippen LogP contribution in [-0.2, 0) is 40.2 Å². The number of aliphatic hydroxyl groups is 1. The van der Waals surface area contributed by atoms with E-state index in [-0.39, 0.29) is 66.9 Å². The quantitative estimate of drug-likeness (QED) is 0.119. The average Bonchev–Trinajstić information content (AvgIpc) is 3.14. The maximum atomic E-state index is 14.0. The Morgan fingerprint density at radius 3 is 1.88 bits per heavy atom. The van der Waals surface area contributed by atoms with Crippen LogP contribution in [-0.4, -0.2) is 115 Å². The molecule has 3 unspecified atom stereocenters. The van der Waals surface area contributed by atoms with Gasteiger partial charge in [0.05, 0.1) is 30.8 Å². The fourth-order valence-electron chi connectivity index (χ4n) is 7.41. The fraction of sp³-hybridized carbons (Fsp3) is 0.725. The Hall–Kier alpha value is -3.92.